The summed E-state index contributed by atoms with van der Waals surface area (Å²) in [6.07, 6.45) is 3.36. The summed E-state index contributed by atoms with van der Waals surface area (Å²) in [4.78, 5) is 17.3. The first-order chi connectivity index (χ1) is 12.0. The topological polar surface area (TPSA) is 32.8 Å². The number of methoxy groups -OCH3 is 1. The largest absolute Gasteiger partial charge is 0.497 e. The highest BCUT2D eigenvalue weighted by Gasteiger charge is 2.55. The number of amides is 1. The molecule has 2 fully saturated rings. The van der Waals surface area contributed by atoms with E-state index in [0.717, 1.165) is 38.2 Å². The van der Waals surface area contributed by atoms with E-state index in [1.165, 1.54) is 17.5 Å². The molecule has 1 aromatic rings. The van der Waals surface area contributed by atoms with Gasteiger partial charge < -0.3 is 14.5 Å². The molecule has 2 bridgehead atoms. The lowest BCUT2D eigenvalue weighted by molar-refractivity contribution is -0.140. The quantitative estimate of drug-likeness (QED) is 0.828. The standard InChI is InChI=1S/C21H30N2O2/c1-14(2)20(24)23-10-8-21-7-9-22(3)19(18(21)13-23)11-15-5-6-16(25-4)12-17(15)21/h5-6,12,14,18-19H,7-11,13H2,1-4H3/t18-,19+,21+/m0/s1. The van der Waals surface area contributed by atoms with E-state index < -0.39 is 0 Å². The van der Waals surface area contributed by atoms with Crippen LogP contribution in [0.5, 0.6) is 5.75 Å². The Balaban J connectivity index is 1.75. The molecule has 1 amide bonds. The highest BCUT2D eigenvalue weighted by Crippen LogP contribution is 2.53. The van der Waals surface area contributed by atoms with Gasteiger partial charge >= 0.3 is 0 Å². The number of ether oxygens (including phenoxy) is 1. The van der Waals surface area contributed by atoms with Crippen LogP contribution in [0.25, 0.3) is 0 Å². The fraction of sp³-hybridized carbons (Fsp3) is 0.667. The van der Waals surface area contributed by atoms with Crippen LogP contribution < -0.4 is 4.74 Å². The molecule has 4 heteroatoms. The lowest BCUT2D eigenvalue weighted by Gasteiger charge is -2.60. The average Bonchev–Trinajstić information content (AvgIpc) is 2.63. The van der Waals surface area contributed by atoms with Crippen molar-refractivity contribution in [3.63, 3.8) is 0 Å². The highest BCUT2D eigenvalue weighted by molar-refractivity contribution is 5.78. The molecule has 0 unspecified atom stereocenters. The Kier molecular flexibility index (Phi) is 4.06. The van der Waals surface area contributed by atoms with Crippen LogP contribution in [-0.2, 0) is 16.6 Å². The van der Waals surface area contributed by atoms with Crippen LogP contribution in [-0.4, -0.2) is 55.5 Å². The van der Waals surface area contributed by atoms with E-state index in [-0.39, 0.29) is 11.3 Å². The Hall–Kier alpha value is -1.55. The molecule has 0 radical (unpaired) electrons. The molecule has 0 aromatic heterocycles. The highest BCUT2D eigenvalue weighted by atomic mass is 16.5. The van der Waals surface area contributed by atoms with Gasteiger partial charge in [-0.05, 0) is 56.1 Å². The second kappa shape index (κ2) is 6.01. The SMILES string of the molecule is COc1ccc2c(c1)[C@@]13CCN(C(=O)C(C)C)C[C@H]1[C@@H](C2)N(C)CC3. The number of rotatable bonds is 2. The van der Waals surface area contributed by atoms with Crippen molar-refractivity contribution in [2.24, 2.45) is 11.8 Å². The number of carbonyl (C=O) groups excluding carboxylic acids is 1. The molecule has 4 rings (SSSR count). The summed E-state index contributed by atoms with van der Waals surface area (Å²) in [5, 5.41) is 0. The molecule has 136 valence electrons. The van der Waals surface area contributed by atoms with Gasteiger partial charge in [0, 0.05) is 36.4 Å². The van der Waals surface area contributed by atoms with Crippen LogP contribution in [0, 0.1) is 11.8 Å². The van der Waals surface area contributed by atoms with Crippen molar-refractivity contribution < 1.29 is 9.53 Å². The Bertz CT molecular complexity index is 686. The van der Waals surface area contributed by atoms with Crippen molar-refractivity contribution in [3.8, 4) is 5.75 Å². The van der Waals surface area contributed by atoms with Crippen LogP contribution in [0.4, 0.5) is 0 Å². The first-order valence-corrected chi connectivity index (χ1v) is 9.62. The lowest BCUT2D eigenvalue weighted by atomic mass is 9.54. The number of fused-ring (bicyclic) bond motifs is 1. The summed E-state index contributed by atoms with van der Waals surface area (Å²) in [5.41, 5.74) is 3.20. The second-order valence-corrected chi connectivity index (χ2v) is 8.48. The van der Waals surface area contributed by atoms with Crippen LogP contribution in [0.2, 0.25) is 0 Å². The Labute approximate surface area is 151 Å². The first kappa shape index (κ1) is 16.9. The van der Waals surface area contributed by atoms with Gasteiger partial charge in [0.1, 0.15) is 5.75 Å². The van der Waals surface area contributed by atoms with Crippen molar-refractivity contribution in [1.29, 1.82) is 0 Å². The monoisotopic (exact) mass is 342 g/mol. The van der Waals surface area contributed by atoms with Gasteiger partial charge in [-0.1, -0.05) is 19.9 Å². The minimum atomic E-state index is 0.0857. The smallest absolute Gasteiger partial charge is 0.225 e. The maximum Gasteiger partial charge on any atom is 0.225 e. The summed E-state index contributed by atoms with van der Waals surface area (Å²) >= 11 is 0. The van der Waals surface area contributed by atoms with E-state index in [0.29, 0.717) is 17.9 Å². The third kappa shape index (κ3) is 2.49. The molecule has 2 heterocycles. The molecule has 2 aliphatic heterocycles. The van der Waals surface area contributed by atoms with Gasteiger partial charge in [0.25, 0.3) is 0 Å². The van der Waals surface area contributed by atoms with Crippen LogP contribution in [0.15, 0.2) is 18.2 Å². The molecule has 1 aliphatic carbocycles. The number of piperidine rings is 2. The summed E-state index contributed by atoms with van der Waals surface area (Å²) in [6, 6.07) is 7.19. The fourth-order valence-electron chi connectivity index (χ4n) is 5.55. The Morgan fingerprint density at radius 3 is 2.76 bits per heavy atom. The van der Waals surface area contributed by atoms with Crippen LogP contribution in [0.1, 0.15) is 37.8 Å². The number of likely N-dealkylation sites (tertiary alicyclic amines) is 2. The maximum atomic E-state index is 12.6. The third-order valence-corrected chi connectivity index (χ3v) is 6.98. The minimum absolute atomic E-state index is 0.0857. The van der Waals surface area contributed by atoms with Crippen molar-refractivity contribution in [2.45, 2.75) is 44.6 Å². The number of benzene rings is 1. The van der Waals surface area contributed by atoms with Gasteiger partial charge in [-0.2, -0.15) is 0 Å². The van der Waals surface area contributed by atoms with Gasteiger partial charge in [0.05, 0.1) is 7.11 Å². The van der Waals surface area contributed by atoms with E-state index in [9.17, 15) is 4.79 Å². The molecular weight excluding hydrogens is 312 g/mol. The van der Waals surface area contributed by atoms with Gasteiger partial charge in [-0.25, -0.2) is 0 Å². The van der Waals surface area contributed by atoms with Crippen molar-refractivity contribution >= 4 is 5.91 Å². The number of likely N-dealkylation sites (N-methyl/N-ethyl adjacent to an activating group) is 1. The maximum absolute atomic E-state index is 12.6. The number of nitrogens with zero attached hydrogens (tertiary/aromatic N) is 2. The van der Waals surface area contributed by atoms with E-state index >= 15 is 0 Å². The predicted octanol–water partition coefficient (Wildman–Crippen LogP) is 2.70. The number of hydrogen-bond donors (Lipinski definition) is 0. The van der Waals surface area contributed by atoms with Gasteiger partial charge in [-0.15, -0.1) is 0 Å². The first-order valence-electron chi connectivity index (χ1n) is 9.62. The van der Waals surface area contributed by atoms with Crippen molar-refractivity contribution in [2.75, 3.05) is 33.8 Å². The molecule has 2 saturated heterocycles. The summed E-state index contributed by atoms with van der Waals surface area (Å²) < 4.78 is 5.53. The van der Waals surface area contributed by atoms with Gasteiger partial charge in [-0.3, -0.25) is 4.79 Å². The minimum Gasteiger partial charge on any atom is -0.497 e. The summed E-state index contributed by atoms with van der Waals surface area (Å²) in [6.45, 7) is 6.97. The summed E-state index contributed by atoms with van der Waals surface area (Å²) in [7, 11) is 4.01. The number of hydrogen-bond acceptors (Lipinski definition) is 3. The fourth-order valence-corrected chi connectivity index (χ4v) is 5.55. The summed E-state index contributed by atoms with van der Waals surface area (Å²) in [5.74, 6) is 1.89. The van der Waals surface area contributed by atoms with E-state index in [2.05, 4.69) is 35.0 Å². The van der Waals surface area contributed by atoms with Gasteiger partial charge in [0.2, 0.25) is 5.91 Å². The molecular formula is C21H30N2O2. The average molecular weight is 342 g/mol. The van der Waals surface area contributed by atoms with E-state index in [4.69, 9.17) is 4.74 Å². The molecule has 3 atom stereocenters. The zero-order valence-corrected chi connectivity index (χ0v) is 15.9. The predicted molar refractivity (Wildman–Crippen MR) is 98.9 cm³/mol. The normalized spacial score (nSPS) is 31.5. The molecule has 3 aliphatic rings. The third-order valence-electron chi connectivity index (χ3n) is 6.98. The Morgan fingerprint density at radius 1 is 1.28 bits per heavy atom. The van der Waals surface area contributed by atoms with Crippen LogP contribution in [0.3, 0.4) is 0 Å². The number of carbonyl (C=O) groups is 1. The van der Waals surface area contributed by atoms with Gasteiger partial charge in [0.15, 0.2) is 0 Å². The Morgan fingerprint density at radius 2 is 2.04 bits per heavy atom. The molecule has 4 nitrogen and oxygen atoms in total. The molecule has 25 heavy (non-hydrogen) atoms. The van der Waals surface area contributed by atoms with Crippen LogP contribution >= 0.6 is 0 Å². The van der Waals surface area contributed by atoms with E-state index in [1.54, 1.807) is 7.11 Å². The van der Waals surface area contributed by atoms with Crippen molar-refractivity contribution in [3.05, 3.63) is 29.3 Å². The lowest BCUT2D eigenvalue weighted by Crippen LogP contribution is -2.65. The zero-order chi connectivity index (χ0) is 17.8. The molecule has 1 aromatic carbocycles. The van der Waals surface area contributed by atoms with Crippen molar-refractivity contribution in [1.82, 2.24) is 9.80 Å². The molecule has 0 saturated carbocycles. The second-order valence-electron chi connectivity index (χ2n) is 8.48. The zero-order valence-electron chi connectivity index (χ0n) is 15.9. The molecule has 0 spiro atoms. The van der Waals surface area contributed by atoms with E-state index in [1.807, 2.05) is 13.8 Å². The molecule has 0 N–H and O–H groups in total.